The van der Waals surface area contributed by atoms with Crippen molar-refractivity contribution in [2.24, 2.45) is 5.92 Å². The fourth-order valence-electron chi connectivity index (χ4n) is 5.08. The molecule has 4 rings (SSSR count). The number of carbonyl (C=O) groups is 2. The number of carbonyl (C=O) groups excluding carboxylic acids is 1. The minimum Gasteiger partial charge on any atom is -0.494 e. The van der Waals surface area contributed by atoms with Crippen LogP contribution in [-0.2, 0) is 0 Å². The van der Waals surface area contributed by atoms with Gasteiger partial charge in [-0.05, 0) is 61.5 Å². The molecule has 2 heterocycles. The molecule has 1 unspecified atom stereocenters. The first kappa shape index (κ1) is 25.9. The van der Waals surface area contributed by atoms with Crippen LogP contribution < -0.4 is 30.0 Å². The van der Waals surface area contributed by atoms with E-state index in [1.807, 2.05) is 6.92 Å². The highest BCUT2D eigenvalue weighted by molar-refractivity contribution is 9.10. The Morgan fingerprint density at radius 3 is 2.44 bits per heavy atom. The molecule has 2 aromatic rings. The van der Waals surface area contributed by atoms with Gasteiger partial charge in [-0.2, -0.15) is 0 Å². The Labute approximate surface area is 217 Å². The van der Waals surface area contributed by atoms with Crippen LogP contribution in [-0.4, -0.2) is 48.1 Å². The van der Waals surface area contributed by atoms with Crippen LogP contribution in [0.3, 0.4) is 0 Å². The summed E-state index contributed by atoms with van der Waals surface area (Å²) < 4.78 is 18.6. The molecule has 0 bridgehead atoms. The number of fused-ring (bicyclic) bond motifs is 1. The standard InChI is InChI=1S/C25H30BrN3O7/c1-12-10-18(34-5)19(22(30)27-12)29(4)23(31)16-11-17(26)21-20(13(16)2)35-25(3,36-21)14-6-8-15(9-7-14)28-24(32)33/h10-11,14-15,28H,6-9H2,1-5H3,(H,27,30)(H,32,33)/t14-,15-,25?. The predicted octanol–water partition coefficient (Wildman–Crippen LogP) is 4.35. The van der Waals surface area contributed by atoms with Crippen LogP contribution in [0, 0.1) is 19.8 Å². The Balaban J connectivity index is 1.60. The van der Waals surface area contributed by atoms with Crippen LogP contribution >= 0.6 is 15.9 Å². The Bertz CT molecular complexity index is 1270. The van der Waals surface area contributed by atoms with Gasteiger partial charge in [0.2, 0.25) is 0 Å². The van der Waals surface area contributed by atoms with E-state index in [4.69, 9.17) is 19.3 Å². The molecule has 1 saturated carbocycles. The predicted molar refractivity (Wildman–Crippen MR) is 137 cm³/mol. The minimum atomic E-state index is -1.02. The second-order valence-electron chi connectivity index (χ2n) is 9.47. The van der Waals surface area contributed by atoms with E-state index in [9.17, 15) is 14.4 Å². The van der Waals surface area contributed by atoms with Crippen molar-refractivity contribution in [3.63, 3.8) is 0 Å². The lowest BCUT2D eigenvalue weighted by molar-refractivity contribution is -0.121. The van der Waals surface area contributed by atoms with E-state index < -0.39 is 23.3 Å². The molecule has 2 aliphatic rings. The van der Waals surface area contributed by atoms with E-state index in [2.05, 4.69) is 26.2 Å². The molecule has 2 amide bonds. The molecule has 1 aromatic carbocycles. The summed E-state index contributed by atoms with van der Waals surface area (Å²) in [5.74, 6) is -0.0225. The first-order chi connectivity index (χ1) is 16.9. The van der Waals surface area contributed by atoms with Gasteiger partial charge in [-0.15, -0.1) is 0 Å². The number of nitrogens with zero attached hydrogens (tertiary/aromatic N) is 1. The topological polar surface area (TPSA) is 130 Å². The molecule has 1 fully saturated rings. The highest BCUT2D eigenvalue weighted by Gasteiger charge is 2.47. The van der Waals surface area contributed by atoms with E-state index in [1.54, 1.807) is 26.0 Å². The number of halogens is 1. The number of hydrogen-bond donors (Lipinski definition) is 3. The third-order valence-electron chi connectivity index (χ3n) is 7.04. The van der Waals surface area contributed by atoms with Gasteiger partial charge < -0.3 is 34.5 Å². The Morgan fingerprint density at radius 1 is 1.19 bits per heavy atom. The molecule has 0 radical (unpaired) electrons. The molecule has 1 aliphatic heterocycles. The molecule has 11 heteroatoms. The van der Waals surface area contributed by atoms with Gasteiger partial charge in [0.25, 0.3) is 17.3 Å². The smallest absolute Gasteiger partial charge is 0.404 e. The molecule has 1 aliphatic carbocycles. The number of benzene rings is 1. The Morgan fingerprint density at radius 2 is 1.83 bits per heavy atom. The van der Waals surface area contributed by atoms with Crippen molar-refractivity contribution in [2.75, 3.05) is 19.1 Å². The number of pyridine rings is 1. The lowest BCUT2D eigenvalue weighted by atomic mass is 9.81. The fraction of sp³-hybridized carbons (Fsp3) is 0.480. The SMILES string of the molecule is COc1cc(C)[nH]c(=O)c1N(C)C(=O)c1cc(Br)c2c(c1C)OC(C)([C@H]1CC[C@H](NC(=O)O)CC1)O2. The number of aromatic amines is 1. The summed E-state index contributed by atoms with van der Waals surface area (Å²) in [5, 5.41) is 11.5. The van der Waals surface area contributed by atoms with E-state index in [-0.39, 0.29) is 17.6 Å². The highest BCUT2D eigenvalue weighted by Crippen LogP contribution is 2.51. The molecule has 10 nitrogen and oxygen atoms in total. The summed E-state index contributed by atoms with van der Waals surface area (Å²) in [4.78, 5) is 41.2. The Hall–Kier alpha value is -3.21. The van der Waals surface area contributed by atoms with Gasteiger partial charge >= 0.3 is 6.09 Å². The van der Waals surface area contributed by atoms with Gasteiger partial charge in [0.05, 0.1) is 11.6 Å². The number of ether oxygens (including phenoxy) is 3. The maximum Gasteiger partial charge on any atom is 0.404 e. The fourth-order valence-corrected chi connectivity index (χ4v) is 5.57. The number of methoxy groups -OCH3 is 1. The number of hydrogen-bond acceptors (Lipinski definition) is 6. The molecule has 1 atom stereocenters. The number of aryl methyl sites for hydroxylation is 1. The average Bonchev–Trinajstić information content (AvgIpc) is 3.19. The van der Waals surface area contributed by atoms with Crippen LogP contribution in [0.25, 0.3) is 0 Å². The number of rotatable bonds is 5. The second kappa shape index (κ2) is 9.68. The van der Waals surface area contributed by atoms with E-state index >= 15 is 0 Å². The largest absolute Gasteiger partial charge is 0.494 e. The number of aromatic nitrogens is 1. The van der Waals surface area contributed by atoms with Crippen molar-refractivity contribution in [2.45, 2.75) is 58.3 Å². The number of carboxylic acid groups (broad SMARTS) is 1. The molecular formula is C25H30BrN3O7. The lowest BCUT2D eigenvalue weighted by Crippen LogP contribution is -2.47. The third-order valence-corrected chi connectivity index (χ3v) is 7.63. The summed E-state index contributed by atoms with van der Waals surface area (Å²) in [6.07, 6.45) is 1.83. The van der Waals surface area contributed by atoms with Gasteiger partial charge in [-0.3, -0.25) is 9.59 Å². The maximum absolute atomic E-state index is 13.6. The third kappa shape index (κ3) is 4.63. The van der Waals surface area contributed by atoms with E-state index in [0.717, 1.165) is 12.8 Å². The molecule has 36 heavy (non-hydrogen) atoms. The van der Waals surface area contributed by atoms with Gasteiger partial charge in [-0.25, -0.2) is 4.79 Å². The molecule has 3 N–H and O–H groups in total. The van der Waals surface area contributed by atoms with E-state index in [0.29, 0.717) is 51.4 Å². The van der Waals surface area contributed by atoms with Gasteiger partial charge in [-0.1, -0.05) is 0 Å². The van der Waals surface area contributed by atoms with Crippen molar-refractivity contribution in [3.8, 4) is 17.2 Å². The van der Waals surface area contributed by atoms with Crippen molar-refractivity contribution in [1.82, 2.24) is 10.3 Å². The number of H-pyrrole nitrogens is 1. The highest BCUT2D eigenvalue weighted by atomic mass is 79.9. The number of nitrogens with one attached hydrogen (secondary N) is 2. The first-order valence-corrected chi connectivity index (χ1v) is 12.5. The molecule has 0 saturated heterocycles. The van der Waals surface area contributed by atoms with Crippen molar-refractivity contribution >= 4 is 33.6 Å². The monoisotopic (exact) mass is 563 g/mol. The molecule has 1 aromatic heterocycles. The zero-order valence-corrected chi connectivity index (χ0v) is 22.4. The van der Waals surface area contributed by atoms with Crippen molar-refractivity contribution in [1.29, 1.82) is 0 Å². The molecular weight excluding hydrogens is 534 g/mol. The number of amides is 2. The first-order valence-electron chi connectivity index (χ1n) is 11.7. The summed E-state index contributed by atoms with van der Waals surface area (Å²) in [6.45, 7) is 5.39. The zero-order chi connectivity index (χ0) is 26.4. The van der Waals surface area contributed by atoms with Crippen molar-refractivity contribution in [3.05, 3.63) is 43.8 Å². The molecule has 194 valence electrons. The van der Waals surface area contributed by atoms with Crippen LogP contribution in [0.5, 0.6) is 17.2 Å². The summed E-state index contributed by atoms with van der Waals surface area (Å²) in [5.41, 5.74) is 1.25. The minimum absolute atomic E-state index is 0.0419. The summed E-state index contributed by atoms with van der Waals surface area (Å²) >= 11 is 3.53. The van der Waals surface area contributed by atoms with Gasteiger partial charge in [0.15, 0.2) is 17.2 Å². The normalized spacial score (nSPS) is 22.7. The van der Waals surface area contributed by atoms with Crippen LogP contribution in [0.15, 0.2) is 21.4 Å². The average molecular weight is 564 g/mol. The zero-order valence-electron chi connectivity index (χ0n) is 20.9. The molecule has 0 spiro atoms. The van der Waals surface area contributed by atoms with E-state index in [1.165, 1.54) is 19.1 Å². The van der Waals surface area contributed by atoms with Crippen LogP contribution in [0.1, 0.15) is 54.2 Å². The lowest BCUT2D eigenvalue weighted by Gasteiger charge is -2.37. The number of anilines is 1. The van der Waals surface area contributed by atoms with Gasteiger partial charge in [0, 0.05) is 48.8 Å². The maximum atomic E-state index is 13.6. The summed E-state index contributed by atoms with van der Waals surface area (Å²) in [6, 6.07) is 3.25. The van der Waals surface area contributed by atoms with Gasteiger partial charge in [0.1, 0.15) is 5.75 Å². The Kier molecular flexibility index (Phi) is 6.96. The van der Waals surface area contributed by atoms with Crippen LogP contribution in [0.2, 0.25) is 0 Å². The van der Waals surface area contributed by atoms with Crippen LogP contribution in [0.4, 0.5) is 10.5 Å². The second-order valence-corrected chi connectivity index (χ2v) is 10.3. The quantitative estimate of drug-likeness (QED) is 0.492. The van der Waals surface area contributed by atoms with Crippen molar-refractivity contribution < 1.29 is 28.9 Å². The summed E-state index contributed by atoms with van der Waals surface area (Å²) in [7, 11) is 2.97.